The van der Waals surface area contributed by atoms with Crippen LogP contribution in [0.25, 0.3) is 0 Å². The Bertz CT molecular complexity index is 53.6. The van der Waals surface area contributed by atoms with Gasteiger partial charge in [-0.15, -0.1) is 0 Å². The molecule has 2 unspecified atom stereocenters. The molecule has 1 heteroatoms. The second kappa shape index (κ2) is 5.35. The topological polar surface area (TPSA) is 0 Å². The van der Waals surface area contributed by atoms with Crippen LogP contribution in [0.15, 0.2) is 0 Å². The Morgan fingerprint density at radius 3 is 1.56 bits per heavy atom. The molecule has 1 radical (unpaired) electrons. The van der Waals surface area contributed by atoms with Gasteiger partial charge in [0.15, 0.2) is 0 Å². The van der Waals surface area contributed by atoms with Crippen LogP contribution in [0, 0.1) is 0 Å². The van der Waals surface area contributed by atoms with Crippen molar-refractivity contribution in [3.8, 4) is 0 Å². The number of rotatable bonds is 4. The van der Waals surface area contributed by atoms with Gasteiger partial charge in [-0.1, -0.05) is 0 Å². The van der Waals surface area contributed by atoms with E-state index in [9.17, 15) is 0 Å². The summed E-state index contributed by atoms with van der Waals surface area (Å²) in [6, 6.07) is 0. The fourth-order valence-electron chi connectivity index (χ4n) is 0.645. The van der Waals surface area contributed by atoms with Crippen LogP contribution in [0.5, 0.6) is 0 Å². The fraction of sp³-hybridized carbons (Fsp3) is 1.00. The normalized spacial score (nSPS) is 18.7. The van der Waals surface area contributed by atoms with Crippen LogP contribution in [0.3, 0.4) is 0 Å². The molecule has 2 atom stereocenters. The molecule has 0 aliphatic heterocycles. The van der Waals surface area contributed by atoms with Crippen LogP contribution in [0.2, 0.25) is 9.41 Å². The summed E-state index contributed by atoms with van der Waals surface area (Å²) in [5, 5.41) is 0. The van der Waals surface area contributed by atoms with Gasteiger partial charge in [-0.2, -0.15) is 0 Å². The molecular weight excluding hydrogens is 171 g/mol. The van der Waals surface area contributed by atoms with Gasteiger partial charge >= 0.3 is 65.7 Å². The van der Waals surface area contributed by atoms with Crippen molar-refractivity contribution in [2.45, 2.75) is 49.9 Å². The molecule has 0 bridgehead atoms. The van der Waals surface area contributed by atoms with Gasteiger partial charge in [0.2, 0.25) is 0 Å². The summed E-state index contributed by atoms with van der Waals surface area (Å²) in [6.07, 6.45) is 2.76. The Hall–Kier alpha value is 0.558. The molecule has 0 amide bonds. The minimum absolute atomic E-state index is 0.634. The van der Waals surface area contributed by atoms with Gasteiger partial charge in [0.05, 0.1) is 0 Å². The van der Waals surface area contributed by atoms with E-state index in [1.54, 1.807) is 0 Å². The van der Waals surface area contributed by atoms with Gasteiger partial charge in [-0.05, 0) is 0 Å². The molecule has 0 aromatic carbocycles. The van der Waals surface area contributed by atoms with Crippen molar-refractivity contribution in [1.29, 1.82) is 0 Å². The van der Waals surface area contributed by atoms with E-state index in [2.05, 4.69) is 27.7 Å². The predicted octanol–water partition coefficient (Wildman–Crippen LogP) is 3.13. The first-order valence-electron chi connectivity index (χ1n) is 3.90. The van der Waals surface area contributed by atoms with Crippen molar-refractivity contribution in [3.63, 3.8) is 0 Å². The average molecular weight is 189 g/mol. The van der Waals surface area contributed by atoms with Crippen LogP contribution in [-0.4, -0.2) is 15.8 Å². The monoisotopic (exact) mass is 189 g/mol. The summed E-state index contributed by atoms with van der Waals surface area (Å²) in [5.74, 6) is 0. The molecule has 0 N–H and O–H groups in total. The van der Waals surface area contributed by atoms with E-state index in [4.69, 9.17) is 0 Å². The van der Waals surface area contributed by atoms with Gasteiger partial charge in [-0.25, -0.2) is 0 Å². The van der Waals surface area contributed by atoms with Gasteiger partial charge in [0.25, 0.3) is 0 Å². The van der Waals surface area contributed by atoms with E-state index in [0.29, 0.717) is 15.8 Å². The molecule has 9 heavy (non-hydrogen) atoms. The molecule has 0 spiro atoms. The van der Waals surface area contributed by atoms with Crippen molar-refractivity contribution >= 4 is 15.8 Å². The van der Waals surface area contributed by atoms with Crippen LogP contribution in [0.1, 0.15) is 40.5 Å². The SMILES string of the molecule is CCC(C)[As]C(C)CC. The maximum absolute atomic E-state index is 2.38. The van der Waals surface area contributed by atoms with Crippen molar-refractivity contribution in [2.24, 2.45) is 0 Å². The van der Waals surface area contributed by atoms with Gasteiger partial charge in [0, 0.05) is 0 Å². The van der Waals surface area contributed by atoms with Gasteiger partial charge in [-0.3, -0.25) is 0 Å². The van der Waals surface area contributed by atoms with Crippen molar-refractivity contribution < 1.29 is 0 Å². The summed E-state index contributed by atoms with van der Waals surface area (Å²) < 4.78 is 2.05. The van der Waals surface area contributed by atoms with Crippen LogP contribution in [-0.2, 0) is 0 Å². The van der Waals surface area contributed by atoms with E-state index in [1.807, 2.05) is 0 Å². The van der Waals surface area contributed by atoms with E-state index in [1.165, 1.54) is 12.8 Å². The molecule has 0 aromatic heterocycles. The molecule has 0 saturated carbocycles. The third-order valence-corrected chi connectivity index (χ3v) is 5.36. The zero-order chi connectivity index (χ0) is 7.28. The van der Waals surface area contributed by atoms with E-state index in [0.717, 1.165) is 9.41 Å². The Morgan fingerprint density at radius 1 is 1.00 bits per heavy atom. The Labute approximate surface area is 66.1 Å². The molecular formula is C8H18As. The maximum atomic E-state index is 2.38. The first-order valence-corrected chi connectivity index (χ1v) is 6.07. The molecule has 0 nitrogen and oxygen atoms in total. The molecule has 0 aromatic rings. The van der Waals surface area contributed by atoms with Crippen LogP contribution >= 0.6 is 0 Å². The first-order chi connectivity index (χ1) is 4.20. The van der Waals surface area contributed by atoms with E-state index >= 15 is 0 Å². The zero-order valence-corrected chi connectivity index (χ0v) is 8.89. The third kappa shape index (κ3) is 5.03. The average Bonchev–Trinajstić information content (AvgIpc) is 1.87. The fourth-order valence-corrected chi connectivity index (χ4v) is 3.35. The Kier molecular flexibility index (Phi) is 5.68. The van der Waals surface area contributed by atoms with Crippen LogP contribution in [0.4, 0.5) is 0 Å². The summed E-state index contributed by atoms with van der Waals surface area (Å²) in [6.45, 7) is 9.35. The summed E-state index contributed by atoms with van der Waals surface area (Å²) in [4.78, 5) is 0. The molecule has 0 saturated heterocycles. The standard InChI is InChI=1S/C8H18As/c1-5-7(3)9-8(4)6-2/h7-8H,5-6H2,1-4H3. The second-order valence-electron chi connectivity index (χ2n) is 2.66. The molecule has 0 rings (SSSR count). The molecule has 0 fully saturated rings. The van der Waals surface area contributed by atoms with E-state index < -0.39 is 0 Å². The van der Waals surface area contributed by atoms with Crippen molar-refractivity contribution in [1.82, 2.24) is 0 Å². The van der Waals surface area contributed by atoms with Crippen molar-refractivity contribution in [2.75, 3.05) is 0 Å². The first kappa shape index (κ1) is 9.56. The number of hydrogen-bond donors (Lipinski definition) is 0. The second-order valence-corrected chi connectivity index (χ2v) is 6.99. The zero-order valence-electron chi connectivity index (χ0n) is 7.02. The Morgan fingerprint density at radius 2 is 1.33 bits per heavy atom. The van der Waals surface area contributed by atoms with Gasteiger partial charge < -0.3 is 0 Å². The predicted molar refractivity (Wildman–Crippen MR) is 45.2 cm³/mol. The summed E-state index contributed by atoms with van der Waals surface area (Å²) in [7, 11) is 0. The van der Waals surface area contributed by atoms with Crippen LogP contribution < -0.4 is 0 Å². The van der Waals surface area contributed by atoms with E-state index in [-0.39, 0.29) is 0 Å². The molecule has 0 aliphatic carbocycles. The summed E-state index contributed by atoms with van der Waals surface area (Å²) in [5.41, 5.74) is 0. The van der Waals surface area contributed by atoms with Gasteiger partial charge in [0.1, 0.15) is 0 Å². The minimum atomic E-state index is 0.634. The molecule has 0 aliphatic rings. The number of hydrogen-bond acceptors (Lipinski definition) is 0. The third-order valence-electron chi connectivity index (χ3n) is 1.69. The van der Waals surface area contributed by atoms with Crippen molar-refractivity contribution in [3.05, 3.63) is 0 Å². The molecule has 0 heterocycles. The quantitative estimate of drug-likeness (QED) is 0.596. The Balaban J connectivity index is 3.22. The summed E-state index contributed by atoms with van der Waals surface area (Å²) >= 11 is 0.634. The molecule has 55 valence electrons.